The van der Waals surface area contributed by atoms with E-state index in [1.54, 1.807) is 14.2 Å². The maximum atomic E-state index is 9.72. The van der Waals surface area contributed by atoms with Gasteiger partial charge in [0.05, 0.1) is 39.1 Å². The minimum absolute atomic E-state index is 0.000726. The molecule has 0 bridgehead atoms. The smallest absolute Gasteiger partial charge is 0.294 e. The fraction of sp³-hybridized carbons (Fsp3) is 1.00. The average Bonchev–Trinajstić information content (AvgIpc) is 3.07. The summed E-state index contributed by atoms with van der Waals surface area (Å²) in [6, 6.07) is 0. The number of nitrogens with zero attached hydrogens (tertiary/aromatic N) is 13. The topological polar surface area (TPSA) is 356 Å². The maximum absolute atomic E-state index is 9.72. The second-order valence-corrected chi connectivity index (χ2v) is 9.98. The summed E-state index contributed by atoms with van der Waals surface area (Å²) in [5.74, 6) is 0. The van der Waals surface area contributed by atoms with Crippen LogP contribution in [0.5, 0.6) is 0 Å². The van der Waals surface area contributed by atoms with Crippen molar-refractivity contribution in [3.05, 3.63) is 51.9 Å². The van der Waals surface area contributed by atoms with Crippen LogP contribution in [0.3, 0.4) is 0 Å². The van der Waals surface area contributed by atoms with Crippen molar-refractivity contribution in [1.82, 2.24) is 0 Å². The first-order chi connectivity index (χ1) is 22.4. The molecule has 0 aliphatic heterocycles. The van der Waals surface area contributed by atoms with Gasteiger partial charge < -0.3 is 39.5 Å². The van der Waals surface area contributed by atoms with E-state index in [4.69, 9.17) is 56.8 Å². The fourth-order valence-electron chi connectivity index (χ4n) is 2.87. The third-order valence-corrected chi connectivity index (χ3v) is 5.95. The van der Waals surface area contributed by atoms with E-state index >= 15 is 0 Å². The van der Waals surface area contributed by atoms with Crippen molar-refractivity contribution in [1.29, 1.82) is 0 Å². The van der Waals surface area contributed by atoms with Crippen LogP contribution in [0, 0.1) is 20.9 Å². The second-order valence-electron chi connectivity index (χ2n) is 9.98. The van der Waals surface area contributed by atoms with Crippen LogP contribution in [0.4, 0.5) is 0 Å². The van der Waals surface area contributed by atoms with Gasteiger partial charge in [0, 0.05) is 72.1 Å². The summed E-state index contributed by atoms with van der Waals surface area (Å²) < 4.78 is 15.0. The van der Waals surface area contributed by atoms with Gasteiger partial charge in [0.2, 0.25) is 0 Å². The van der Waals surface area contributed by atoms with E-state index in [2.05, 4.69) is 51.9 Å². The van der Waals surface area contributed by atoms with Gasteiger partial charge in [-0.3, -0.25) is 0 Å². The van der Waals surface area contributed by atoms with Crippen LogP contribution in [0.25, 0.3) is 41.8 Å². The van der Waals surface area contributed by atoms with Crippen LogP contribution in [0.15, 0.2) is 20.5 Å². The highest BCUT2D eigenvalue weighted by Crippen LogP contribution is 2.24. The van der Waals surface area contributed by atoms with Crippen LogP contribution < -0.4 is 0 Å². The van der Waals surface area contributed by atoms with Crippen LogP contribution >= 0.6 is 0 Å². The third kappa shape index (κ3) is 36.5. The van der Waals surface area contributed by atoms with Crippen LogP contribution in [0.2, 0.25) is 0 Å². The Morgan fingerprint density at radius 3 is 1.74 bits per heavy atom. The summed E-state index contributed by atoms with van der Waals surface area (Å²) in [6.07, 6.45) is 1.12. The lowest BCUT2D eigenvalue weighted by Gasteiger charge is -2.28. The van der Waals surface area contributed by atoms with Gasteiger partial charge in [0.15, 0.2) is 0 Å². The van der Waals surface area contributed by atoms with Gasteiger partial charge in [-0.15, -0.1) is 10.1 Å². The molecule has 0 aromatic rings. The van der Waals surface area contributed by atoms with E-state index in [0.717, 1.165) is 12.8 Å². The maximum Gasteiger partial charge on any atom is 0.294 e. The normalized spacial score (nSPS) is 13.4. The molecule has 0 aliphatic carbocycles. The summed E-state index contributed by atoms with van der Waals surface area (Å²) in [5, 5.41) is 56.4. The monoisotopic (exact) mass is 681 g/mol. The second kappa shape index (κ2) is 36.6. The number of hydrogen-bond acceptors (Lipinski definition) is 14. The zero-order chi connectivity index (χ0) is 36.8. The number of rotatable bonds is 24. The van der Waals surface area contributed by atoms with Crippen molar-refractivity contribution in [2.24, 2.45) is 31.3 Å². The van der Waals surface area contributed by atoms with E-state index in [1.165, 1.54) is 0 Å². The zero-order valence-electron chi connectivity index (χ0n) is 27.8. The molecule has 0 aromatic carbocycles. The lowest BCUT2D eigenvalue weighted by Crippen LogP contribution is -2.32. The number of ether oxygens (including phenoxy) is 3. The Balaban J connectivity index is -0.000000268. The molecule has 0 saturated carbocycles. The molecule has 0 radical (unpaired) electrons. The van der Waals surface area contributed by atoms with Gasteiger partial charge in [-0.25, -0.2) is 0 Å². The molecule has 4 N–H and O–H groups in total. The number of hydrogen-bond donors (Lipinski definition) is 4. The summed E-state index contributed by atoms with van der Waals surface area (Å²) in [6.45, 7) is 7.90. The van der Waals surface area contributed by atoms with Crippen molar-refractivity contribution >= 4 is 0 Å². The van der Waals surface area contributed by atoms with E-state index in [-0.39, 0.29) is 56.9 Å². The van der Waals surface area contributed by atoms with Gasteiger partial charge in [0.1, 0.15) is 12.7 Å². The Labute approximate surface area is 273 Å². The highest BCUT2D eigenvalue weighted by Gasteiger charge is 2.26. The molecule has 0 amide bonds. The summed E-state index contributed by atoms with van der Waals surface area (Å²) in [7, 11) is 3.22. The van der Waals surface area contributed by atoms with Crippen LogP contribution in [0.1, 0.15) is 46.5 Å². The lowest BCUT2D eigenvalue weighted by molar-refractivity contribution is -0.759. The standard InChI is InChI=1S/C7H14N6O.C7H15N3O.C7H15NO6.C3H7N3O2/c1-3-7(6-14-2,4-10-12-8)5-11-13-9;1-4-7(2,6-11-3)5-9-10-8;9-3-1-2-4-13-5-7(10)6-14-8(11)12;4-6-5-1-3(8)2-7/h3-6H2,1-2H3;4-6H2,1-3H3;7,9-10H,1-6H2;3,7-8H,1-2H2. The number of aliphatic hydroxyl groups excluding tert-OH is 4. The molecule has 272 valence electrons. The fourth-order valence-corrected chi connectivity index (χ4v) is 2.87. The molecule has 3 unspecified atom stereocenters. The Morgan fingerprint density at radius 1 is 0.809 bits per heavy atom. The summed E-state index contributed by atoms with van der Waals surface area (Å²) >= 11 is 0. The summed E-state index contributed by atoms with van der Waals surface area (Å²) in [5.41, 5.74) is 31.9. The number of methoxy groups -OCH3 is 2. The molecule has 3 atom stereocenters. The Hall–Kier alpha value is -3.84. The SMILES string of the molecule is CCC(C)(CN=[N+]=[N-])COC.CCC(CN=[N+]=[N-])(CN=[N+]=[N-])COC.O=[N+]([O-])OCC(O)COCCCCO.[N-]=[N+]=NCC(O)CO. The van der Waals surface area contributed by atoms with Crippen molar-refractivity contribution in [3.63, 3.8) is 0 Å². The quantitative estimate of drug-likeness (QED) is 0.0283. The van der Waals surface area contributed by atoms with E-state index in [0.29, 0.717) is 39.2 Å². The molecule has 0 aromatic heterocycles. The highest BCUT2D eigenvalue weighted by molar-refractivity contribution is 4.83. The number of aliphatic hydroxyl groups is 4. The molecule has 0 heterocycles. The summed E-state index contributed by atoms with van der Waals surface area (Å²) in [4.78, 5) is 24.1. The molecule has 0 fully saturated rings. The first-order valence-electron chi connectivity index (χ1n) is 14.3. The molecule has 0 aliphatic rings. The average molecular weight is 682 g/mol. The molecule has 0 rings (SSSR count). The third-order valence-electron chi connectivity index (χ3n) is 5.95. The zero-order valence-corrected chi connectivity index (χ0v) is 27.8. The largest absolute Gasteiger partial charge is 0.396 e. The Morgan fingerprint density at radius 2 is 1.34 bits per heavy atom. The van der Waals surface area contributed by atoms with Crippen molar-refractivity contribution in [3.8, 4) is 0 Å². The van der Waals surface area contributed by atoms with E-state index < -0.39 is 17.3 Å². The van der Waals surface area contributed by atoms with Gasteiger partial charge >= 0.3 is 0 Å². The molecule has 0 saturated heterocycles. The van der Waals surface area contributed by atoms with Crippen molar-refractivity contribution in [2.45, 2.75) is 58.7 Å². The number of azide groups is 4. The molecule has 23 heteroatoms. The number of unbranched alkanes of at least 4 members (excludes halogenated alkanes) is 1. The molecule has 47 heavy (non-hydrogen) atoms. The highest BCUT2D eigenvalue weighted by atomic mass is 17.0. The Kier molecular flexibility index (Phi) is 39.0. The predicted molar refractivity (Wildman–Crippen MR) is 170 cm³/mol. The van der Waals surface area contributed by atoms with Gasteiger partial charge in [0.25, 0.3) is 5.09 Å². The van der Waals surface area contributed by atoms with Gasteiger partial charge in [-0.2, -0.15) is 0 Å². The molecular weight excluding hydrogens is 630 g/mol. The van der Waals surface area contributed by atoms with E-state index in [1.807, 2.05) is 13.8 Å². The lowest BCUT2D eigenvalue weighted by atomic mass is 9.86. The van der Waals surface area contributed by atoms with Crippen LogP contribution in [-0.4, -0.2) is 124 Å². The first kappa shape index (κ1) is 50.0. The predicted octanol–water partition coefficient (Wildman–Crippen LogP) is 4.00. The minimum atomic E-state index is -0.991. The van der Waals surface area contributed by atoms with Crippen molar-refractivity contribution < 1.29 is 44.6 Å². The van der Waals surface area contributed by atoms with Crippen LogP contribution in [-0.2, 0) is 19.0 Å². The van der Waals surface area contributed by atoms with E-state index in [9.17, 15) is 10.1 Å². The van der Waals surface area contributed by atoms with Gasteiger partial charge in [-0.05, 0) is 53.2 Å². The molecule has 23 nitrogen and oxygen atoms in total. The molecular formula is C24H51N13O10. The van der Waals surface area contributed by atoms with Crippen molar-refractivity contribution in [2.75, 3.05) is 86.6 Å². The minimum Gasteiger partial charge on any atom is -0.396 e. The Bertz CT molecular complexity index is 938. The van der Waals surface area contributed by atoms with Gasteiger partial charge in [-0.1, -0.05) is 41.2 Å². The molecule has 0 spiro atoms. The first-order valence-corrected chi connectivity index (χ1v) is 14.3.